The number of aryl methyl sites for hydroxylation is 1. The van der Waals surface area contributed by atoms with Gasteiger partial charge < -0.3 is 26.0 Å². The van der Waals surface area contributed by atoms with E-state index in [1.807, 2.05) is 0 Å². The largest absolute Gasteiger partial charge is 0.530 e. The number of thiol groups is 1. The summed E-state index contributed by atoms with van der Waals surface area (Å²) in [6, 6.07) is 5.51. The third-order valence-corrected chi connectivity index (χ3v) is 20.9. The van der Waals surface area contributed by atoms with Crippen molar-refractivity contribution in [3.63, 3.8) is 0 Å². The molecule has 100 heavy (non-hydrogen) atoms. The van der Waals surface area contributed by atoms with Crippen molar-refractivity contribution in [2.45, 2.75) is 173 Å². The molecule has 4 atom stereocenters. The molecule has 23 nitrogen and oxygen atoms in total. The Morgan fingerprint density at radius 1 is 0.900 bits per heavy atom. The second-order valence-electron chi connectivity index (χ2n) is 25.8. The van der Waals surface area contributed by atoms with Gasteiger partial charge in [-0.2, -0.15) is 45.3 Å². The standard InChI is InChI=1S/C63H67ClF10N9O14PS2/c1-30(2)95-98(90,96-31(3)4)97-46-18-32(5)17-34(22-48(85)78-44(58(88)89)25-47(75)84)53(46)59(6,7)26-50(87)83(99(91)92)27-45-52-42(64)14-13-39(55(52)82(79-45)29-61(67,68)69)38-12-11-37(15-16-60(8,9)100(10,93)94)76-54(38)43(21-33-19-35(65)23-36(66)20-33)77-49(86)28-81-57-51(56(80-81)63(72,73)74)40-24-41(40)62(57,70)71/h11-14,17-20,23,30-31,40-41,43-44,99H,21-22,24-29H2,1-10H3,(H2,75,84)(H,77,86)(H,78,85)(H,88,89)/t40-,41+,43-,44-/m0/s1. The summed E-state index contributed by atoms with van der Waals surface area (Å²) >= 11 is 6.87. The number of carboxylic acid groups (broad SMARTS) is 1. The van der Waals surface area contributed by atoms with Crippen LogP contribution in [0.4, 0.5) is 43.9 Å². The number of primary amides is 1. The first-order chi connectivity index (χ1) is 46.0. The number of amides is 4. The molecule has 3 aromatic carbocycles. The number of nitrogens with one attached hydrogen (secondary N) is 2. The number of benzene rings is 3. The maximum Gasteiger partial charge on any atom is 0.530 e. The highest BCUT2D eigenvalue weighted by Crippen LogP contribution is 2.68. The summed E-state index contributed by atoms with van der Waals surface area (Å²) in [7, 11) is -12.8. The molecule has 4 amide bonds. The number of aromatic nitrogens is 5. The minimum Gasteiger partial charge on any atom is -0.480 e. The lowest BCUT2D eigenvalue weighted by Crippen LogP contribution is -2.44. The summed E-state index contributed by atoms with van der Waals surface area (Å²) in [6.45, 7) is 8.04. The molecule has 3 aromatic heterocycles. The van der Waals surface area contributed by atoms with Gasteiger partial charge in [-0.3, -0.25) is 37.6 Å². The number of carbonyl (C=O) groups is 5. The Hall–Kier alpha value is -8.16. The van der Waals surface area contributed by atoms with Crippen LogP contribution in [0.2, 0.25) is 5.02 Å². The molecular weight excluding hydrogens is 1430 g/mol. The molecule has 3 heterocycles. The number of aliphatic carboxylic acids is 1. The molecule has 5 N–H and O–H groups in total. The number of pyridine rings is 1. The van der Waals surface area contributed by atoms with E-state index in [9.17, 15) is 63.7 Å². The topological polar surface area (TPSA) is 320 Å². The molecule has 1 fully saturated rings. The fourth-order valence-corrected chi connectivity index (χ4v) is 14.3. The number of rotatable bonds is 27. The first kappa shape index (κ1) is 77.6. The van der Waals surface area contributed by atoms with Gasteiger partial charge in [-0.25, -0.2) is 44.3 Å². The predicted octanol–water partition coefficient (Wildman–Crippen LogP) is 10.1. The molecule has 0 spiro atoms. The van der Waals surface area contributed by atoms with Crippen LogP contribution in [0.15, 0.2) is 54.6 Å². The Bertz CT molecular complexity index is 4560. The molecule has 0 aliphatic heterocycles. The smallest absolute Gasteiger partial charge is 0.480 e. The normalized spacial score (nSPS) is 16.0. The second-order valence-corrected chi connectivity index (χ2v) is 31.3. The molecule has 0 radical (unpaired) electrons. The Kier molecular flexibility index (Phi) is 22.3. The van der Waals surface area contributed by atoms with E-state index < -0.39 is 224 Å². The quantitative estimate of drug-likeness (QED) is 0.0138. The number of carbonyl (C=O) groups excluding carboxylic acids is 4. The van der Waals surface area contributed by atoms with Crippen LogP contribution in [-0.2, 0) is 108 Å². The summed E-state index contributed by atoms with van der Waals surface area (Å²) in [4.78, 5) is 71.6. The average molecular weight is 1490 g/mol. The maximum atomic E-state index is 15.8. The van der Waals surface area contributed by atoms with E-state index in [0.29, 0.717) is 16.3 Å². The highest BCUT2D eigenvalue weighted by molar-refractivity contribution is 7.92. The lowest BCUT2D eigenvalue weighted by atomic mass is 9.77. The number of phosphoric acid groups is 1. The van der Waals surface area contributed by atoms with Crippen molar-refractivity contribution in [2.75, 3.05) is 6.26 Å². The zero-order valence-electron chi connectivity index (χ0n) is 54.8. The first-order valence-corrected chi connectivity index (χ1v) is 35.2. The zero-order chi connectivity index (χ0) is 74.6. The number of sulfone groups is 1. The fourth-order valence-electron chi connectivity index (χ4n) is 11.7. The summed E-state index contributed by atoms with van der Waals surface area (Å²) in [5, 5.41) is 21.1. The molecular formula is C63H67ClF10N9O14PS2. The van der Waals surface area contributed by atoms with Crippen LogP contribution < -0.4 is 20.9 Å². The Balaban J connectivity index is 1.29. The molecule has 8 rings (SSSR count). The van der Waals surface area contributed by atoms with Crippen molar-refractivity contribution >= 4 is 80.7 Å². The van der Waals surface area contributed by atoms with Crippen molar-refractivity contribution in [2.24, 2.45) is 11.7 Å². The number of nitrogens with two attached hydrogens (primary N) is 1. The molecule has 6 aromatic rings. The summed E-state index contributed by atoms with van der Waals surface area (Å²) < 4.78 is 234. The minimum absolute atomic E-state index is 0.0542. The van der Waals surface area contributed by atoms with Gasteiger partial charge in [0.2, 0.25) is 34.5 Å². The van der Waals surface area contributed by atoms with Gasteiger partial charge in [-0.1, -0.05) is 43.5 Å². The van der Waals surface area contributed by atoms with Crippen molar-refractivity contribution in [3.8, 4) is 28.7 Å². The second kappa shape index (κ2) is 28.7. The number of carboxylic acids is 1. The molecule has 0 saturated heterocycles. The molecule has 1 saturated carbocycles. The summed E-state index contributed by atoms with van der Waals surface area (Å²) in [5.74, 6) is -10.8. The predicted molar refractivity (Wildman–Crippen MR) is 340 cm³/mol. The third-order valence-electron chi connectivity index (χ3n) is 16.1. The molecule has 0 bridgehead atoms. The summed E-state index contributed by atoms with van der Waals surface area (Å²) in [6.07, 6.45) is -14.9. The van der Waals surface area contributed by atoms with Crippen LogP contribution in [0, 0.1) is 36.3 Å². The molecule has 542 valence electrons. The van der Waals surface area contributed by atoms with Gasteiger partial charge in [-0.05, 0) is 126 Å². The van der Waals surface area contributed by atoms with E-state index in [1.54, 1.807) is 0 Å². The van der Waals surface area contributed by atoms with Crippen molar-refractivity contribution in [1.29, 1.82) is 0 Å². The van der Waals surface area contributed by atoms with Crippen LogP contribution in [0.25, 0.3) is 22.0 Å². The van der Waals surface area contributed by atoms with E-state index >= 15 is 30.7 Å². The molecule has 2 aliphatic carbocycles. The van der Waals surface area contributed by atoms with E-state index in [1.165, 1.54) is 74.4 Å². The zero-order valence-corrected chi connectivity index (χ0v) is 58.2. The lowest BCUT2D eigenvalue weighted by Gasteiger charge is -2.32. The van der Waals surface area contributed by atoms with Crippen LogP contribution in [0.5, 0.6) is 5.75 Å². The van der Waals surface area contributed by atoms with Gasteiger partial charge in [0.1, 0.15) is 52.7 Å². The Morgan fingerprint density at radius 3 is 2.08 bits per heavy atom. The van der Waals surface area contributed by atoms with Gasteiger partial charge in [0, 0.05) is 57.7 Å². The van der Waals surface area contributed by atoms with E-state index in [-0.39, 0.29) is 54.7 Å². The highest BCUT2D eigenvalue weighted by Gasteiger charge is 2.68. The minimum atomic E-state index is -5.28. The molecule has 2 aliphatic rings. The third kappa shape index (κ3) is 17.8. The Morgan fingerprint density at radius 2 is 1.52 bits per heavy atom. The van der Waals surface area contributed by atoms with Crippen LogP contribution in [0.1, 0.15) is 143 Å². The number of alkyl halides is 8. The lowest BCUT2D eigenvalue weighted by molar-refractivity contribution is -0.143. The van der Waals surface area contributed by atoms with Crippen LogP contribution in [0.3, 0.4) is 0 Å². The molecule has 0 unspecified atom stereocenters. The van der Waals surface area contributed by atoms with E-state index in [4.69, 9.17) is 30.9 Å². The van der Waals surface area contributed by atoms with Crippen LogP contribution in [-0.4, -0.2) is 116 Å². The number of fused-ring (bicyclic) bond motifs is 4. The van der Waals surface area contributed by atoms with Gasteiger partial charge in [-0.15, -0.1) is 0 Å². The van der Waals surface area contributed by atoms with Gasteiger partial charge in [0.25, 0.3) is 5.92 Å². The van der Waals surface area contributed by atoms with Crippen molar-refractivity contribution in [3.05, 3.63) is 128 Å². The number of halogens is 11. The Labute approximate surface area is 572 Å². The average Bonchev–Trinajstić information content (AvgIpc) is 1.52. The van der Waals surface area contributed by atoms with Gasteiger partial charge in [0.05, 0.1) is 59.6 Å². The fraction of sp³-hybridized carbons (Fsp3) is 0.460. The van der Waals surface area contributed by atoms with E-state index in [2.05, 4.69) is 37.7 Å². The highest BCUT2D eigenvalue weighted by atomic mass is 35.5. The number of phosphoric ester groups is 1. The monoisotopic (exact) mass is 1490 g/mol. The van der Waals surface area contributed by atoms with Crippen molar-refractivity contribution in [1.82, 2.24) is 39.5 Å². The number of nitrogens with zero attached hydrogens (tertiary/aromatic N) is 6. The van der Waals surface area contributed by atoms with Crippen LogP contribution >= 0.6 is 19.4 Å². The summed E-state index contributed by atoms with van der Waals surface area (Å²) in [5.41, 5.74) is -3.26. The van der Waals surface area contributed by atoms with E-state index in [0.717, 1.165) is 42.7 Å². The number of hydrogen-bond acceptors (Lipinski definition) is 16. The van der Waals surface area contributed by atoms with Gasteiger partial charge >= 0.3 is 26.1 Å². The van der Waals surface area contributed by atoms with Crippen molar-refractivity contribution < 1.29 is 108 Å². The molecule has 37 heteroatoms. The van der Waals surface area contributed by atoms with Gasteiger partial charge in [0.15, 0.2) is 15.5 Å². The number of hydrogen-bond donors (Lipinski definition) is 5. The maximum absolute atomic E-state index is 15.8. The first-order valence-electron chi connectivity index (χ1n) is 30.3. The SMILES string of the molecule is Cc1cc(CC(=O)N[C@@H](CC(N)=O)C(=O)O)c(C(C)(C)CC(=O)N(Cc2nn(CC(F)(F)F)c3c(-c4ccc(C#CC(C)(C)S(C)(=O)=O)nc4[C@H](Cc4cc(F)cc(F)c4)NC(=O)Cn4nc(C(F)(F)F)c5c4C(F)(F)[C@@H]4C[C@H]54)ccc(Cl)c23)[SH](=O)=O)c(OP(=O)(OC(C)C)OC(C)C)c1.